The number of hydrogen-bond donors (Lipinski definition) is 2. The first-order valence-corrected chi connectivity index (χ1v) is 2.04. The number of nitriles is 1. The SMILES string of the molecule is Cl.N#CCC(N)CO. The molecule has 0 rings (SSSR count). The molecule has 0 aromatic heterocycles. The molecule has 8 heavy (non-hydrogen) atoms. The van der Waals surface area contributed by atoms with E-state index >= 15 is 0 Å². The van der Waals surface area contributed by atoms with Crippen molar-refractivity contribution in [3.05, 3.63) is 0 Å². The van der Waals surface area contributed by atoms with E-state index in [2.05, 4.69) is 0 Å². The summed E-state index contributed by atoms with van der Waals surface area (Å²) in [5.74, 6) is 0. The van der Waals surface area contributed by atoms with Crippen molar-refractivity contribution in [3.63, 3.8) is 0 Å². The Morgan fingerprint density at radius 1 is 1.75 bits per heavy atom. The molecule has 3 nitrogen and oxygen atoms in total. The number of aliphatic hydroxyl groups is 1. The molecule has 0 aromatic rings. The van der Waals surface area contributed by atoms with Crippen molar-refractivity contribution in [1.82, 2.24) is 0 Å². The van der Waals surface area contributed by atoms with E-state index in [0.717, 1.165) is 0 Å². The summed E-state index contributed by atoms with van der Waals surface area (Å²) in [4.78, 5) is 0. The van der Waals surface area contributed by atoms with Crippen LogP contribution in [0.3, 0.4) is 0 Å². The van der Waals surface area contributed by atoms with Crippen LogP contribution in [0.1, 0.15) is 6.42 Å². The van der Waals surface area contributed by atoms with Gasteiger partial charge in [-0.3, -0.25) is 0 Å². The molecule has 0 radical (unpaired) electrons. The van der Waals surface area contributed by atoms with Gasteiger partial charge in [-0.1, -0.05) is 0 Å². The first kappa shape index (κ1) is 10.6. The van der Waals surface area contributed by atoms with Gasteiger partial charge in [0.05, 0.1) is 19.1 Å². The molecule has 0 aliphatic carbocycles. The monoisotopic (exact) mass is 136 g/mol. The first-order valence-electron chi connectivity index (χ1n) is 2.04. The number of nitrogens with zero attached hydrogens (tertiary/aromatic N) is 1. The van der Waals surface area contributed by atoms with Crippen LogP contribution in [0.25, 0.3) is 0 Å². The second-order valence-electron chi connectivity index (χ2n) is 1.30. The Bertz CT molecular complexity index is 80.6. The van der Waals surface area contributed by atoms with E-state index in [1.165, 1.54) is 0 Å². The molecule has 0 aliphatic heterocycles. The van der Waals surface area contributed by atoms with Crippen molar-refractivity contribution >= 4 is 12.4 Å². The molecule has 0 saturated carbocycles. The molecule has 0 saturated heterocycles. The topological polar surface area (TPSA) is 70.0 Å². The third-order valence-electron chi connectivity index (χ3n) is 0.588. The van der Waals surface area contributed by atoms with Crippen molar-refractivity contribution < 1.29 is 5.11 Å². The number of nitrogens with two attached hydrogens (primary N) is 1. The Morgan fingerprint density at radius 2 is 2.25 bits per heavy atom. The van der Waals surface area contributed by atoms with Gasteiger partial charge in [0.1, 0.15) is 0 Å². The highest BCUT2D eigenvalue weighted by molar-refractivity contribution is 5.85. The summed E-state index contributed by atoms with van der Waals surface area (Å²) >= 11 is 0. The van der Waals surface area contributed by atoms with E-state index in [0.29, 0.717) is 0 Å². The van der Waals surface area contributed by atoms with Crippen LogP contribution in [0.5, 0.6) is 0 Å². The number of rotatable bonds is 2. The average molecular weight is 137 g/mol. The summed E-state index contributed by atoms with van der Waals surface area (Å²) in [6, 6.07) is 1.48. The summed E-state index contributed by atoms with van der Waals surface area (Å²) < 4.78 is 0. The molecule has 1 unspecified atom stereocenters. The third kappa shape index (κ3) is 5.70. The summed E-state index contributed by atoms with van der Waals surface area (Å²) in [7, 11) is 0. The fourth-order valence-corrected chi connectivity index (χ4v) is 0.182. The molecule has 0 fully saturated rings. The Balaban J connectivity index is 0. The van der Waals surface area contributed by atoms with Crippen molar-refractivity contribution in [3.8, 4) is 6.07 Å². The average Bonchev–Trinajstić information content (AvgIpc) is 1.68. The first-order chi connectivity index (χ1) is 3.31. The molecule has 4 heteroatoms. The van der Waals surface area contributed by atoms with Gasteiger partial charge in [-0.25, -0.2) is 0 Å². The van der Waals surface area contributed by atoms with E-state index in [-0.39, 0.29) is 31.5 Å². The van der Waals surface area contributed by atoms with Crippen LogP contribution in [0.2, 0.25) is 0 Å². The largest absolute Gasteiger partial charge is 0.395 e. The molecule has 0 spiro atoms. The second kappa shape index (κ2) is 6.70. The standard InChI is InChI=1S/C4H8N2O.ClH/c5-2-1-4(6)3-7;/h4,7H,1,3,6H2;1H. The lowest BCUT2D eigenvalue weighted by Gasteiger charge is -1.97. The Kier molecular flexibility index (Phi) is 8.91. The minimum absolute atomic E-state index is 0. The number of halogens is 1. The predicted molar refractivity (Wildman–Crippen MR) is 32.5 cm³/mol. The fraction of sp³-hybridized carbons (Fsp3) is 0.750. The van der Waals surface area contributed by atoms with Gasteiger partial charge in [0.25, 0.3) is 0 Å². The summed E-state index contributed by atoms with van der Waals surface area (Å²) in [5, 5.41) is 16.1. The zero-order chi connectivity index (χ0) is 5.70. The molecule has 0 aliphatic rings. The maximum Gasteiger partial charge on any atom is 0.0638 e. The van der Waals surface area contributed by atoms with Gasteiger partial charge in [-0.2, -0.15) is 5.26 Å². The molecule has 0 heterocycles. The fourth-order valence-electron chi connectivity index (χ4n) is 0.182. The maximum absolute atomic E-state index is 8.19. The normalized spacial score (nSPS) is 11.1. The van der Waals surface area contributed by atoms with E-state index in [1.807, 2.05) is 6.07 Å². The molecular weight excluding hydrogens is 128 g/mol. The smallest absolute Gasteiger partial charge is 0.0638 e. The minimum atomic E-state index is -0.356. The van der Waals surface area contributed by atoms with Crippen LogP contribution in [0.4, 0.5) is 0 Å². The lowest BCUT2D eigenvalue weighted by Crippen LogP contribution is -2.23. The number of aliphatic hydroxyl groups excluding tert-OH is 1. The predicted octanol–water partition coefficient (Wildman–Crippen LogP) is -0.359. The molecule has 0 aromatic carbocycles. The van der Waals surface area contributed by atoms with E-state index < -0.39 is 0 Å². The van der Waals surface area contributed by atoms with Gasteiger partial charge < -0.3 is 10.8 Å². The van der Waals surface area contributed by atoms with Crippen LogP contribution in [-0.4, -0.2) is 17.8 Å². The Labute approximate surface area is 54.5 Å². The van der Waals surface area contributed by atoms with Crippen LogP contribution < -0.4 is 5.73 Å². The zero-order valence-corrected chi connectivity index (χ0v) is 5.19. The van der Waals surface area contributed by atoms with Crippen LogP contribution in [0.15, 0.2) is 0 Å². The van der Waals surface area contributed by atoms with E-state index in [4.69, 9.17) is 16.1 Å². The Hall–Kier alpha value is -0.300. The summed E-state index contributed by atoms with van der Waals surface area (Å²) in [6.45, 7) is -0.104. The van der Waals surface area contributed by atoms with Crippen molar-refractivity contribution in [1.29, 1.82) is 5.26 Å². The maximum atomic E-state index is 8.19. The molecular formula is C4H9ClN2O. The van der Waals surface area contributed by atoms with Crippen LogP contribution in [-0.2, 0) is 0 Å². The van der Waals surface area contributed by atoms with Gasteiger partial charge in [0.15, 0.2) is 0 Å². The second-order valence-corrected chi connectivity index (χ2v) is 1.30. The molecule has 0 amide bonds. The van der Waals surface area contributed by atoms with E-state index in [1.54, 1.807) is 0 Å². The van der Waals surface area contributed by atoms with Crippen LogP contribution >= 0.6 is 12.4 Å². The lowest BCUT2D eigenvalue weighted by molar-refractivity contribution is 0.267. The highest BCUT2D eigenvalue weighted by Crippen LogP contribution is 1.79. The summed E-state index contributed by atoms with van der Waals surface area (Å²) in [6.07, 6.45) is 0.233. The number of hydrogen-bond acceptors (Lipinski definition) is 3. The van der Waals surface area contributed by atoms with Crippen LogP contribution in [0, 0.1) is 11.3 Å². The van der Waals surface area contributed by atoms with Gasteiger partial charge in [0.2, 0.25) is 0 Å². The molecule has 3 N–H and O–H groups in total. The van der Waals surface area contributed by atoms with Gasteiger partial charge in [-0.15, -0.1) is 12.4 Å². The van der Waals surface area contributed by atoms with Gasteiger partial charge >= 0.3 is 0 Å². The highest BCUT2D eigenvalue weighted by atomic mass is 35.5. The van der Waals surface area contributed by atoms with Crippen molar-refractivity contribution in [2.75, 3.05) is 6.61 Å². The quantitative estimate of drug-likeness (QED) is 0.545. The van der Waals surface area contributed by atoms with E-state index in [9.17, 15) is 0 Å². The highest BCUT2D eigenvalue weighted by Gasteiger charge is 1.94. The minimum Gasteiger partial charge on any atom is -0.395 e. The van der Waals surface area contributed by atoms with Gasteiger partial charge in [-0.05, 0) is 0 Å². The molecule has 0 bridgehead atoms. The van der Waals surface area contributed by atoms with Gasteiger partial charge in [0, 0.05) is 6.04 Å². The Morgan fingerprint density at radius 3 is 2.38 bits per heavy atom. The third-order valence-corrected chi connectivity index (χ3v) is 0.588. The van der Waals surface area contributed by atoms with Crippen molar-refractivity contribution in [2.24, 2.45) is 5.73 Å². The lowest BCUT2D eigenvalue weighted by atomic mass is 10.3. The molecule has 1 atom stereocenters. The molecule has 48 valence electrons. The summed E-state index contributed by atoms with van der Waals surface area (Å²) in [5.41, 5.74) is 5.11. The van der Waals surface area contributed by atoms with Crippen molar-refractivity contribution in [2.45, 2.75) is 12.5 Å². The zero-order valence-electron chi connectivity index (χ0n) is 4.37.